The number of esters is 1. The molecule has 0 unspecified atom stereocenters. The van der Waals surface area contributed by atoms with Gasteiger partial charge in [-0.1, -0.05) is 41.4 Å². The van der Waals surface area contributed by atoms with Gasteiger partial charge < -0.3 is 19.5 Å². The van der Waals surface area contributed by atoms with Crippen molar-refractivity contribution >= 4 is 46.8 Å². The van der Waals surface area contributed by atoms with Gasteiger partial charge in [-0.15, -0.1) is 0 Å². The third-order valence-electron chi connectivity index (χ3n) is 4.82. The lowest BCUT2D eigenvalue weighted by molar-refractivity contribution is -0.112. The van der Waals surface area contributed by atoms with Crippen LogP contribution in [0.4, 0.5) is 5.69 Å². The topological polar surface area (TPSA) is 97.7 Å². The first kappa shape index (κ1) is 25.6. The fraction of sp³-hybridized carbons (Fsp3) is 0.115. The first-order valence-electron chi connectivity index (χ1n) is 10.2. The molecule has 0 radical (unpaired) electrons. The van der Waals surface area contributed by atoms with E-state index in [9.17, 15) is 14.9 Å². The van der Waals surface area contributed by atoms with Gasteiger partial charge >= 0.3 is 5.97 Å². The lowest BCUT2D eigenvalue weighted by Crippen LogP contribution is -2.13. The summed E-state index contributed by atoms with van der Waals surface area (Å²) in [5.41, 5.74) is 1.82. The standard InChI is InChI=1S/C26H20Cl2N2O5/c1-33-23-13-16(12-22(28)24(23)35-15-18-5-3-4-6-21(18)27)11-19(14-29)25(31)30-20-9-7-17(8-10-20)26(32)34-2/h3-13H,15H2,1-2H3,(H,30,31)/b19-11+. The van der Waals surface area contributed by atoms with Crippen molar-refractivity contribution < 1.29 is 23.8 Å². The fourth-order valence-corrected chi connectivity index (χ4v) is 3.51. The molecule has 0 aliphatic heterocycles. The second-order valence-corrected chi connectivity index (χ2v) is 7.92. The van der Waals surface area contributed by atoms with E-state index in [2.05, 4.69) is 10.1 Å². The van der Waals surface area contributed by atoms with E-state index in [1.54, 1.807) is 18.2 Å². The SMILES string of the molecule is COC(=O)c1ccc(NC(=O)/C(C#N)=C/c2cc(Cl)c(OCc3ccccc3Cl)c(OC)c2)cc1. The third-order valence-corrected chi connectivity index (χ3v) is 5.47. The van der Waals surface area contributed by atoms with Crippen molar-refractivity contribution in [3.05, 3.63) is 93.0 Å². The van der Waals surface area contributed by atoms with E-state index in [1.165, 1.54) is 44.6 Å². The van der Waals surface area contributed by atoms with Gasteiger partial charge in [-0.3, -0.25) is 4.79 Å². The highest BCUT2D eigenvalue weighted by Crippen LogP contribution is 2.38. The lowest BCUT2D eigenvalue weighted by Gasteiger charge is -2.14. The molecule has 0 heterocycles. The molecule has 0 bridgehead atoms. The van der Waals surface area contributed by atoms with Crippen LogP contribution in [0.5, 0.6) is 11.5 Å². The fourth-order valence-electron chi connectivity index (χ4n) is 3.05. The van der Waals surface area contributed by atoms with Crippen LogP contribution in [0.3, 0.4) is 0 Å². The van der Waals surface area contributed by atoms with Gasteiger partial charge in [0.1, 0.15) is 18.2 Å². The van der Waals surface area contributed by atoms with Crippen molar-refractivity contribution in [2.24, 2.45) is 0 Å². The van der Waals surface area contributed by atoms with E-state index >= 15 is 0 Å². The van der Waals surface area contributed by atoms with Crippen LogP contribution in [0, 0.1) is 11.3 Å². The van der Waals surface area contributed by atoms with Crippen LogP contribution >= 0.6 is 23.2 Å². The molecule has 0 aliphatic rings. The molecule has 0 atom stereocenters. The summed E-state index contributed by atoms with van der Waals surface area (Å²) in [4.78, 5) is 24.2. The average Bonchev–Trinajstić information content (AvgIpc) is 2.87. The van der Waals surface area contributed by atoms with E-state index in [0.717, 1.165) is 5.56 Å². The zero-order valence-electron chi connectivity index (χ0n) is 18.8. The predicted molar refractivity (Wildman–Crippen MR) is 134 cm³/mol. The summed E-state index contributed by atoms with van der Waals surface area (Å²) >= 11 is 12.6. The molecule has 1 amide bonds. The van der Waals surface area contributed by atoms with Gasteiger partial charge in [0.25, 0.3) is 5.91 Å². The number of methoxy groups -OCH3 is 2. The van der Waals surface area contributed by atoms with E-state index in [-0.39, 0.29) is 17.2 Å². The van der Waals surface area contributed by atoms with E-state index in [1.807, 2.05) is 24.3 Å². The zero-order valence-corrected chi connectivity index (χ0v) is 20.3. The van der Waals surface area contributed by atoms with Crippen LogP contribution in [0.1, 0.15) is 21.5 Å². The molecule has 0 aliphatic carbocycles. The summed E-state index contributed by atoms with van der Waals surface area (Å²) < 4.78 is 15.9. The van der Waals surface area contributed by atoms with Crippen molar-refractivity contribution in [1.82, 2.24) is 0 Å². The minimum absolute atomic E-state index is 0.162. The van der Waals surface area contributed by atoms with Gasteiger partial charge in [0, 0.05) is 16.3 Å². The summed E-state index contributed by atoms with van der Waals surface area (Å²) in [6, 6.07) is 18.4. The molecule has 3 aromatic rings. The molecular weight excluding hydrogens is 491 g/mol. The lowest BCUT2D eigenvalue weighted by atomic mass is 10.1. The number of benzene rings is 3. The van der Waals surface area contributed by atoms with Gasteiger partial charge in [-0.25, -0.2) is 4.79 Å². The molecule has 35 heavy (non-hydrogen) atoms. The number of hydrogen-bond donors (Lipinski definition) is 1. The minimum atomic E-state index is -0.632. The Kier molecular flexibility index (Phi) is 8.74. The Bertz CT molecular complexity index is 1310. The maximum atomic E-state index is 12.6. The number of nitrogens with zero attached hydrogens (tertiary/aromatic N) is 1. The summed E-state index contributed by atoms with van der Waals surface area (Å²) in [7, 11) is 2.73. The average molecular weight is 511 g/mol. The maximum absolute atomic E-state index is 12.6. The van der Waals surface area contributed by atoms with Crippen LogP contribution in [-0.4, -0.2) is 26.1 Å². The Morgan fingerprint density at radius 1 is 1.03 bits per heavy atom. The minimum Gasteiger partial charge on any atom is -0.493 e. The Balaban J connectivity index is 1.79. The highest BCUT2D eigenvalue weighted by Gasteiger charge is 2.15. The number of amides is 1. The van der Waals surface area contributed by atoms with Crippen molar-refractivity contribution in [3.8, 4) is 17.6 Å². The quantitative estimate of drug-likeness (QED) is 0.229. The summed E-state index contributed by atoms with van der Waals surface area (Å²) in [6.45, 7) is 0.172. The van der Waals surface area contributed by atoms with E-state index < -0.39 is 11.9 Å². The number of hydrogen-bond acceptors (Lipinski definition) is 6. The molecule has 0 fully saturated rings. The monoisotopic (exact) mass is 510 g/mol. The largest absolute Gasteiger partial charge is 0.493 e. The van der Waals surface area contributed by atoms with Crippen molar-refractivity contribution in [3.63, 3.8) is 0 Å². The van der Waals surface area contributed by atoms with Crippen LogP contribution in [0.2, 0.25) is 10.0 Å². The summed E-state index contributed by atoms with van der Waals surface area (Å²) in [6.07, 6.45) is 1.38. The Morgan fingerprint density at radius 3 is 2.37 bits per heavy atom. The molecule has 3 rings (SSSR count). The van der Waals surface area contributed by atoms with Crippen molar-refractivity contribution in [2.45, 2.75) is 6.61 Å². The molecule has 9 heteroatoms. The van der Waals surface area contributed by atoms with Gasteiger partial charge in [-0.05, 0) is 54.1 Å². The summed E-state index contributed by atoms with van der Waals surface area (Å²) in [5.74, 6) is -0.496. The molecule has 0 saturated heterocycles. The first-order chi connectivity index (χ1) is 16.9. The predicted octanol–water partition coefficient (Wildman–Crippen LogP) is 5.91. The van der Waals surface area contributed by atoms with Crippen molar-refractivity contribution in [2.75, 3.05) is 19.5 Å². The molecule has 178 valence electrons. The molecule has 0 saturated carbocycles. The highest BCUT2D eigenvalue weighted by molar-refractivity contribution is 6.32. The normalized spacial score (nSPS) is 10.8. The number of halogens is 2. The Labute approximate surface area is 212 Å². The molecule has 7 nitrogen and oxygen atoms in total. The second-order valence-electron chi connectivity index (χ2n) is 7.11. The number of ether oxygens (including phenoxy) is 3. The smallest absolute Gasteiger partial charge is 0.337 e. The number of rotatable bonds is 8. The Hall–Kier alpha value is -3.99. The van der Waals surface area contributed by atoms with Crippen LogP contribution < -0.4 is 14.8 Å². The van der Waals surface area contributed by atoms with Gasteiger partial charge in [0.15, 0.2) is 11.5 Å². The molecular formula is C26H20Cl2N2O5. The number of anilines is 1. The van der Waals surface area contributed by atoms with Crippen LogP contribution in [0.15, 0.2) is 66.2 Å². The van der Waals surface area contributed by atoms with Crippen LogP contribution in [-0.2, 0) is 16.1 Å². The number of nitrogens with one attached hydrogen (secondary N) is 1. The van der Waals surface area contributed by atoms with Gasteiger partial charge in [-0.2, -0.15) is 5.26 Å². The summed E-state index contributed by atoms with van der Waals surface area (Å²) in [5, 5.41) is 12.9. The number of nitriles is 1. The van der Waals surface area contributed by atoms with E-state index in [4.69, 9.17) is 32.7 Å². The van der Waals surface area contributed by atoms with E-state index in [0.29, 0.717) is 33.3 Å². The first-order valence-corrected chi connectivity index (χ1v) is 11.0. The second kappa shape index (κ2) is 11.9. The highest BCUT2D eigenvalue weighted by atomic mass is 35.5. The zero-order chi connectivity index (χ0) is 25.4. The third kappa shape index (κ3) is 6.54. The molecule has 1 N–H and O–H groups in total. The maximum Gasteiger partial charge on any atom is 0.337 e. The number of carbonyl (C=O) groups is 2. The number of carbonyl (C=O) groups excluding carboxylic acids is 2. The Morgan fingerprint density at radius 2 is 1.74 bits per heavy atom. The van der Waals surface area contributed by atoms with Crippen LogP contribution in [0.25, 0.3) is 6.08 Å². The molecule has 0 spiro atoms. The van der Waals surface area contributed by atoms with Crippen molar-refractivity contribution in [1.29, 1.82) is 5.26 Å². The van der Waals surface area contributed by atoms with Gasteiger partial charge in [0.2, 0.25) is 0 Å². The molecule has 0 aromatic heterocycles. The molecule has 3 aromatic carbocycles. The van der Waals surface area contributed by atoms with Gasteiger partial charge in [0.05, 0.1) is 24.8 Å².